The number of ether oxygens (including phenoxy) is 1. The molecule has 2 aromatic carbocycles. The van der Waals surface area contributed by atoms with Gasteiger partial charge in [0.1, 0.15) is 17.7 Å². The molecule has 0 aromatic heterocycles. The minimum atomic E-state index is -0.490. The van der Waals surface area contributed by atoms with Crippen molar-refractivity contribution in [2.45, 2.75) is 31.4 Å². The second-order valence-electron chi connectivity index (χ2n) is 6.58. The van der Waals surface area contributed by atoms with E-state index in [-0.39, 0.29) is 23.6 Å². The standard InChI is InChI=1S/C22H20N2O3S/c1-2-17(22(26)27-14-16-11-7-4-8-12-16)24-20(25)19-21(24)28-18(23-19)13-15-9-5-3-6-10-15/h2-12,19,21H,13-14H2,1H3/b17-2+. The van der Waals surface area contributed by atoms with Crippen LogP contribution >= 0.6 is 11.8 Å². The van der Waals surface area contributed by atoms with Gasteiger partial charge in [-0.05, 0) is 18.1 Å². The van der Waals surface area contributed by atoms with Gasteiger partial charge in [0.15, 0.2) is 6.04 Å². The van der Waals surface area contributed by atoms with Crippen LogP contribution < -0.4 is 0 Å². The van der Waals surface area contributed by atoms with E-state index in [9.17, 15) is 9.59 Å². The van der Waals surface area contributed by atoms with E-state index < -0.39 is 12.0 Å². The van der Waals surface area contributed by atoms with E-state index in [1.165, 1.54) is 4.90 Å². The number of carbonyl (C=O) groups excluding carboxylic acids is 2. The fourth-order valence-corrected chi connectivity index (χ4v) is 4.61. The molecule has 0 N–H and O–H groups in total. The molecule has 4 rings (SSSR count). The van der Waals surface area contributed by atoms with Gasteiger partial charge in [-0.2, -0.15) is 0 Å². The molecule has 1 amide bonds. The van der Waals surface area contributed by atoms with Crippen molar-refractivity contribution >= 4 is 28.7 Å². The Hall–Kier alpha value is -2.86. The number of hydrogen-bond acceptors (Lipinski definition) is 5. The van der Waals surface area contributed by atoms with Crippen molar-refractivity contribution in [2.24, 2.45) is 4.99 Å². The van der Waals surface area contributed by atoms with Crippen LogP contribution in [0.3, 0.4) is 0 Å². The minimum Gasteiger partial charge on any atom is -0.456 e. The molecule has 2 aliphatic rings. The zero-order chi connectivity index (χ0) is 19.5. The van der Waals surface area contributed by atoms with Gasteiger partial charge >= 0.3 is 5.97 Å². The molecule has 0 aliphatic carbocycles. The van der Waals surface area contributed by atoms with Gasteiger partial charge in [-0.3, -0.25) is 14.7 Å². The summed E-state index contributed by atoms with van der Waals surface area (Å²) in [6.45, 7) is 1.92. The Morgan fingerprint density at radius 2 is 1.75 bits per heavy atom. The first-order chi connectivity index (χ1) is 13.7. The maximum absolute atomic E-state index is 12.6. The highest BCUT2D eigenvalue weighted by Gasteiger charge is 2.54. The van der Waals surface area contributed by atoms with Crippen molar-refractivity contribution in [2.75, 3.05) is 0 Å². The lowest BCUT2D eigenvalue weighted by molar-refractivity contribution is -0.151. The molecule has 28 heavy (non-hydrogen) atoms. The Bertz CT molecular complexity index is 941. The average Bonchev–Trinajstić information content (AvgIpc) is 3.10. The molecule has 2 unspecified atom stereocenters. The number of nitrogens with zero attached hydrogens (tertiary/aromatic N) is 2. The lowest BCUT2D eigenvalue weighted by Crippen LogP contribution is -2.60. The molecular weight excluding hydrogens is 372 g/mol. The van der Waals surface area contributed by atoms with Crippen LogP contribution in [0.4, 0.5) is 0 Å². The Morgan fingerprint density at radius 1 is 1.11 bits per heavy atom. The normalized spacial score (nSPS) is 21.0. The summed E-state index contributed by atoms with van der Waals surface area (Å²) in [5.41, 5.74) is 2.34. The molecule has 5 nitrogen and oxygen atoms in total. The van der Waals surface area contributed by atoms with Crippen molar-refractivity contribution in [1.29, 1.82) is 0 Å². The lowest BCUT2D eigenvalue weighted by Gasteiger charge is -2.41. The number of benzene rings is 2. The number of aliphatic imine (C=N–C) groups is 1. The van der Waals surface area contributed by atoms with Crippen LogP contribution in [0, 0.1) is 0 Å². The fourth-order valence-electron chi connectivity index (χ4n) is 3.28. The fraction of sp³-hybridized carbons (Fsp3) is 0.227. The van der Waals surface area contributed by atoms with Crippen molar-refractivity contribution in [3.05, 3.63) is 83.6 Å². The van der Waals surface area contributed by atoms with E-state index in [2.05, 4.69) is 4.99 Å². The summed E-state index contributed by atoms with van der Waals surface area (Å²) in [7, 11) is 0. The smallest absolute Gasteiger partial charge is 0.355 e. The lowest BCUT2D eigenvalue weighted by atomic mass is 10.1. The van der Waals surface area contributed by atoms with E-state index in [1.807, 2.05) is 60.7 Å². The molecule has 0 radical (unpaired) electrons. The zero-order valence-corrected chi connectivity index (χ0v) is 16.3. The van der Waals surface area contributed by atoms with Gasteiger partial charge in [-0.15, -0.1) is 0 Å². The van der Waals surface area contributed by atoms with Crippen LogP contribution in [-0.4, -0.2) is 33.2 Å². The summed E-state index contributed by atoms with van der Waals surface area (Å²) in [6.07, 6.45) is 2.33. The van der Waals surface area contributed by atoms with Crippen LogP contribution in [0.5, 0.6) is 0 Å². The summed E-state index contributed by atoms with van der Waals surface area (Å²) < 4.78 is 5.41. The summed E-state index contributed by atoms with van der Waals surface area (Å²) in [5.74, 6) is -0.638. The predicted molar refractivity (Wildman–Crippen MR) is 110 cm³/mol. The molecule has 0 bridgehead atoms. The third-order valence-electron chi connectivity index (χ3n) is 4.71. The molecular formula is C22H20N2O3S. The van der Waals surface area contributed by atoms with Crippen LogP contribution in [-0.2, 0) is 27.4 Å². The first-order valence-electron chi connectivity index (χ1n) is 9.15. The van der Waals surface area contributed by atoms with Gasteiger partial charge in [0, 0.05) is 6.42 Å². The number of amides is 1. The molecule has 0 saturated carbocycles. The Labute approximate surface area is 168 Å². The van der Waals surface area contributed by atoms with Crippen molar-refractivity contribution in [1.82, 2.24) is 4.90 Å². The van der Waals surface area contributed by atoms with E-state index in [1.54, 1.807) is 24.8 Å². The summed E-state index contributed by atoms with van der Waals surface area (Å²) in [4.78, 5) is 31.2. The molecule has 2 aliphatic heterocycles. The third-order valence-corrected chi connectivity index (χ3v) is 5.94. The van der Waals surface area contributed by atoms with Gasteiger partial charge in [0.2, 0.25) is 0 Å². The van der Waals surface area contributed by atoms with Crippen molar-refractivity contribution < 1.29 is 14.3 Å². The SMILES string of the molecule is C/C=C(\C(=O)OCc1ccccc1)N1C(=O)C2N=C(Cc3ccccc3)SC21. The van der Waals surface area contributed by atoms with Crippen molar-refractivity contribution in [3.63, 3.8) is 0 Å². The van der Waals surface area contributed by atoms with Crippen LogP contribution in [0.15, 0.2) is 77.4 Å². The summed E-state index contributed by atoms with van der Waals surface area (Å²) in [6, 6.07) is 19.1. The number of allylic oxidation sites excluding steroid dienone is 1. The molecule has 2 atom stereocenters. The Balaban J connectivity index is 1.39. The number of likely N-dealkylation sites (tertiary alicyclic amines) is 1. The van der Waals surface area contributed by atoms with Crippen molar-refractivity contribution in [3.8, 4) is 0 Å². The molecule has 142 valence electrons. The first kappa shape index (κ1) is 18.5. The number of rotatable bonds is 6. The van der Waals surface area contributed by atoms with Gasteiger partial charge in [-0.25, -0.2) is 4.79 Å². The molecule has 6 heteroatoms. The Kier molecular flexibility index (Phi) is 5.30. The van der Waals surface area contributed by atoms with Gasteiger partial charge < -0.3 is 4.74 Å². The minimum absolute atomic E-state index is 0.148. The maximum Gasteiger partial charge on any atom is 0.355 e. The van der Waals surface area contributed by atoms with Gasteiger partial charge in [0.25, 0.3) is 5.91 Å². The van der Waals surface area contributed by atoms with E-state index in [4.69, 9.17) is 4.74 Å². The Morgan fingerprint density at radius 3 is 2.39 bits per heavy atom. The van der Waals surface area contributed by atoms with Gasteiger partial charge in [-0.1, -0.05) is 78.5 Å². The largest absolute Gasteiger partial charge is 0.456 e. The number of thioether (sulfide) groups is 1. The highest BCUT2D eigenvalue weighted by atomic mass is 32.2. The molecule has 2 aromatic rings. The monoisotopic (exact) mass is 392 g/mol. The number of fused-ring (bicyclic) bond motifs is 1. The zero-order valence-electron chi connectivity index (χ0n) is 15.4. The number of esters is 1. The molecule has 1 saturated heterocycles. The average molecular weight is 392 g/mol. The topological polar surface area (TPSA) is 59.0 Å². The summed E-state index contributed by atoms with van der Waals surface area (Å²) in [5, 5.41) is 0.756. The highest BCUT2D eigenvalue weighted by Crippen LogP contribution is 2.42. The number of carbonyl (C=O) groups is 2. The third kappa shape index (κ3) is 3.60. The van der Waals surface area contributed by atoms with E-state index in [0.29, 0.717) is 6.42 Å². The number of β-lactam (4-membered cyclic amide) rings is 1. The van der Waals surface area contributed by atoms with Crippen LogP contribution in [0.1, 0.15) is 18.1 Å². The van der Waals surface area contributed by atoms with E-state index in [0.717, 1.165) is 16.2 Å². The molecule has 2 heterocycles. The highest BCUT2D eigenvalue weighted by molar-refractivity contribution is 8.14. The maximum atomic E-state index is 12.6. The number of hydrogen-bond donors (Lipinski definition) is 0. The first-order valence-corrected chi connectivity index (χ1v) is 10.0. The van der Waals surface area contributed by atoms with Crippen LogP contribution in [0.25, 0.3) is 0 Å². The van der Waals surface area contributed by atoms with E-state index >= 15 is 0 Å². The molecule has 0 spiro atoms. The summed E-state index contributed by atoms with van der Waals surface area (Å²) >= 11 is 1.55. The molecule has 1 fully saturated rings. The second kappa shape index (κ2) is 8.02. The predicted octanol–water partition coefficient (Wildman–Crippen LogP) is 3.56. The van der Waals surface area contributed by atoms with Crippen LogP contribution in [0.2, 0.25) is 0 Å². The van der Waals surface area contributed by atoms with Gasteiger partial charge in [0.05, 0.1) is 5.04 Å². The quantitative estimate of drug-likeness (QED) is 0.428. The second-order valence-corrected chi connectivity index (χ2v) is 7.77.